The van der Waals surface area contributed by atoms with Crippen molar-refractivity contribution in [1.29, 1.82) is 0 Å². The van der Waals surface area contributed by atoms with E-state index in [1.165, 1.54) is 16.7 Å². The molecule has 2 aromatic rings. The Labute approximate surface area is 139 Å². The summed E-state index contributed by atoms with van der Waals surface area (Å²) < 4.78 is 0. The van der Waals surface area contributed by atoms with E-state index in [0.29, 0.717) is 13.0 Å². The number of hydrogen-bond donors (Lipinski definition) is 1. The van der Waals surface area contributed by atoms with E-state index in [1.807, 2.05) is 0 Å². The molecule has 0 aliphatic rings. The summed E-state index contributed by atoms with van der Waals surface area (Å²) in [4.78, 5) is 12.0. The smallest absolute Gasteiger partial charge is 0.220 e. The van der Waals surface area contributed by atoms with E-state index in [-0.39, 0.29) is 11.3 Å². The highest BCUT2D eigenvalue weighted by Crippen LogP contribution is 2.22. The SMILES string of the molecule is Cc1ccc(CNC(=O)CCc2ccc(C(C)(C)C)cc2)cc1. The molecular formula is C21H27NO. The molecule has 2 aromatic carbocycles. The van der Waals surface area contributed by atoms with Crippen LogP contribution in [0.1, 0.15) is 49.4 Å². The van der Waals surface area contributed by atoms with Crippen molar-refractivity contribution in [2.45, 2.75) is 52.5 Å². The van der Waals surface area contributed by atoms with Crippen molar-refractivity contribution < 1.29 is 4.79 Å². The van der Waals surface area contributed by atoms with Gasteiger partial charge in [-0.3, -0.25) is 4.79 Å². The van der Waals surface area contributed by atoms with E-state index in [1.54, 1.807) is 0 Å². The molecule has 0 saturated heterocycles. The molecule has 0 atom stereocenters. The van der Waals surface area contributed by atoms with Gasteiger partial charge >= 0.3 is 0 Å². The number of carbonyl (C=O) groups is 1. The van der Waals surface area contributed by atoms with Gasteiger partial charge in [-0.25, -0.2) is 0 Å². The number of nitrogens with one attached hydrogen (secondary N) is 1. The highest BCUT2D eigenvalue weighted by Gasteiger charge is 2.12. The second-order valence-corrected chi connectivity index (χ2v) is 7.21. The summed E-state index contributed by atoms with van der Waals surface area (Å²) in [5.41, 5.74) is 5.08. The van der Waals surface area contributed by atoms with Crippen LogP contribution in [0.3, 0.4) is 0 Å². The lowest BCUT2D eigenvalue weighted by atomic mass is 9.86. The van der Waals surface area contributed by atoms with Crippen molar-refractivity contribution in [2.24, 2.45) is 0 Å². The fraction of sp³-hybridized carbons (Fsp3) is 0.381. The zero-order valence-electron chi connectivity index (χ0n) is 14.6. The lowest BCUT2D eigenvalue weighted by Crippen LogP contribution is -2.23. The second kappa shape index (κ2) is 7.45. The second-order valence-electron chi connectivity index (χ2n) is 7.21. The molecule has 2 rings (SSSR count). The minimum Gasteiger partial charge on any atom is -0.352 e. The van der Waals surface area contributed by atoms with E-state index in [4.69, 9.17) is 0 Å². The van der Waals surface area contributed by atoms with Crippen LogP contribution in [0.5, 0.6) is 0 Å². The van der Waals surface area contributed by atoms with Crippen LogP contribution >= 0.6 is 0 Å². The molecule has 0 heterocycles. The van der Waals surface area contributed by atoms with Crippen LogP contribution in [-0.4, -0.2) is 5.91 Å². The summed E-state index contributed by atoms with van der Waals surface area (Å²) >= 11 is 0. The number of hydrogen-bond acceptors (Lipinski definition) is 1. The largest absolute Gasteiger partial charge is 0.352 e. The molecule has 0 spiro atoms. The standard InChI is InChI=1S/C21H27NO/c1-16-5-7-18(8-6-16)15-22-20(23)14-11-17-9-12-19(13-10-17)21(2,3)4/h5-10,12-13H,11,14-15H2,1-4H3,(H,22,23). The molecule has 1 amide bonds. The molecule has 122 valence electrons. The van der Waals surface area contributed by atoms with Crippen LogP contribution in [0.25, 0.3) is 0 Å². The fourth-order valence-electron chi connectivity index (χ4n) is 2.42. The van der Waals surface area contributed by atoms with Crippen molar-refractivity contribution in [1.82, 2.24) is 5.32 Å². The minimum absolute atomic E-state index is 0.102. The Bertz CT molecular complexity index is 633. The molecule has 23 heavy (non-hydrogen) atoms. The van der Waals surface area contributed by atoms with Crippen molar-refractivity contribution in [3.8, 4) is 0 Å². The van der Waals surface area contributed by atoms with Gasteiger partial charge < -0.3 is 5.32 Å². The van der Waals surface area contributed by atoms with Gasteiger partial charge in [0.05, 0.1) is 0 Å². The first kappa shape index (κ1) is 17.3. The van der Waals surface area contributed by atoms with Crippen LogP contribution in [0.15, 0.2) is 48.5 Å². The Kier molecular flexibility index (Phi) is 5.59. The zero-order valence-corrected chi connectivity index (χ0v) is 14.6. The van der Waals surface area contributed by atoms with E-state index >= 15 is 0 Å². The zero-order chi connectivity index (χ0) is 16.9. The Balaban J connectivity index is 1.79. The van der Waals surface area contributed by atoms with Crippen LogP contribution in [0, 0.1) is 6.92 Å². The molecule has 0 aromatic heterocycles. The van der Waals surface area contributed by atoms with Gasteiger partial charge in [0, 0.05) is 13.0 Å². The van der Waals surface area contributed by atoms with Gasteiger partial charge in [-0.1, -0.05) is 74.9 Å². The Morgan fingerprint density at radius 1 is 0.913 bits per heavy atom. The molecule has 0 fully saturated rings. The van der Waals surface area contributed by atoms with Gasteiger partial charge in [0.1, 0.15) is 0 Å². The van der Waals surface area contributed by atoms with Crippen molar-refractivity contribution >= 4 is 5.91 Å². The van der Waals surface area contributed by atoms with Crippen molar-refractivity contribution in [3.63, 3.8) is 0 Å². The van der Waals surface area contributed by atoms with Crippen LogP contribution in [0.4, 0.5) is 0 Å². The predicted octanol–water partition coefficient (Wildman–Crippen LogP) is 4.54. The van der Waals surface area contributed by atoms with E-state index in [9.17, 15) is 4.79 Å². The van der Waals surface area contributed by atoms with E-state index in [2.05, 4.69) is 81.5 Å². The first-order valence-electron chi connectivity index (χ1n) is 8.26. The molecule has 1 N–H and O–H groups in total. The molecule has 0 unspecified atom stereocenters. The van der Waals surface area contributed by atoms with Crippen LogP contribution < -0.4 is 5.32 Å². The van der Waals surface area contributed by atoms with Crippen LogP contribution in [-0.2, 0) is 23.2 Å². The maximum atomic E-state index is 12.0. The van der Waals surface area contributed by atoms with Gasteiger partial charge in [0.15, 0.2) is 0 Å². The maximum Gasteiger partial charge on any atom is 0.220 e. The fourth-order valence-corrected chi connectivity index (χ4v) is 2.42. The highest BCUT2D eigenvalue weighted by molar-refractivity contribution is 5.76. The Morgan fingerprint density at radius 2 is 1.48 bits per heavy atom. The van der Waals surface area contributed by atoms with Crippen molar-refractivity contribution in [3.05, 3.63) is 70.8 Å². The average Bonchev–Trinajstić information content (AvgIpc) is 2.52. The monoisotopic (exact) mass is 309 g/mol. The molecular weight excluding hydrogens is 282 g/mol. The third kappa shape index (κ3) is 5.55. The first-order valence-corrected chi connectivity index (χ1v) is 8.26. The normalized spacial score (nSPS) is 11.3. The third-order valence-corrected chi connectivity index (χ3v) is 4.07. The van der Waals surface area contributed by atoms with Gasteiger partial charge in [-0.05, 0) is 35.4 Å². The predicted molar refractivity (Wildman–Crippen MR) is 96.5 cm³/mol. The van der Waals surface area contributed by atoms with Gasteiger partial charge in [-0.15, -0.1) is 0 Å². The van der Waals surface area contributed by atoms with E-state index in [0.717, 1.165) is 12.0 Å². The first-order chi connectivity index (χ1) is 10.8. The number of benzene rings is 2. The summed E-state index contributed by atoms with van der Waals surface area (Å²) in [5.74, 6) is 0.102. The van der Waals surface area contributed by atoms with Gasteiger partial charge in [-0.2, -0.15) is 0 Å². The average molecular weight is 309 g/mol. The molecule has 0 aliphatic heterocycles. The third-order valence-electron chi connectivity index (χ3n) is 4.07. The van der Waals surface area contributed by atoms with E-state index < -0.39 is 0 Å². The minimum atomic E-state index is 0.102. The number of carbonyl (C=O) groups excluding carboxylic acids is 1. The number of amides is 1. The Hall–Kier alpha value is -2.09. The molecule has 0 saturated carbocycles. The Morgan fingerprint density at radius 3 is 2.04 bits per heavy atom. The summed E-state index contributed by atoms with van der Waals surface area (Å²) in [5, 5.41) is 2.99. The summed E-state index contributed by atoms with van der Waals surface area (Å²) in [6, 6.07) is 16.8. The lowest BCUT2D eigenvalue weighted by molar-refractivity contribution is -0.121. The maximum absolute atomic E-state index is 12.0. The number of rotatable bonds is 5. The van der Waals surface area contributed by atoms with Gasteiger partial charge in [0.25, 0.3) is 0 Å². The summed E-state index contributed by atoms with van der Waals surface area (Å²) in [7, 11) is 0. The summed E-state index contributed by atoms with van der Waals surface area (Å²) in [6.45, 7) is 9.29. The molecule has 2 heteroatoms. The quantitative estimate of drug-likeness (QED) is 0.863. The molecule has 0 bridgehead atoms. The lowest BCUT2D eigenvalue weighted by Gasteiger charge is -2.19. The van der Waals surface area contributed by atoms with Crippen LogP contribution in [0.2, 0.25) is 0 Å². The highest BCUT2D eigenvalue weighted by atomic mass is 16.1. The summed E-state index contributed by atoms with van der Waals surface area (Å²) in [6.07, 6.45) is 1.31. The molecule has 2 nitrogen and oxygen atoms in total. The van der Waals surface area contributed by atoms with Crippen molar-refractivity contribution in [2.75, 3.05) is 0 Å². The topological polar surface area (TPSA) is 29.1 Å². The van der Waals surface area contributed by atoms with Gasteiger partial charge in [0.2, 0.25) is 5.91 Å². The number of aryl methyl sites for hydroxylation is 2. The molecule has 0 aliphatic carbocycles. The molecule has 0 radical (unpaired) electrons.